The third-order valence-electron chi connectivity index (χ3n) is 1.10. The third kappa shape index (κ3) is 1.80. The van der Waals surface area contributed by atoms with Gasteiger partial charge >= 0.3 is 0 Å². The summed E-state index contributed by atoms with van der Waals surface area (Å²) in [5, 5.41) is 0. The standard InChI is InChI=1S/C5H8O3S/c1-5-2-3-8-9(6,7)4-5/h1-4H2. The molecule has 0 aromatic rings. The Hall–Kier alpha value is -0.350. The maximum atomic E-state index is 10.6. The molecule has 0 radical (unpaired) electrons. The second-order valence-corrected chi connectivity index (χ2v) is 3.66. The first kappa shape index (κ1) is 6.77. The molecule has 0 unspecified atom stereocenters. The van der Waals surface area contributed by atoms with Crippen LogP contribution in [0.3, 0.4) is 0 Å². The zero-order valence-electron chi connectivity index (χ0n) is 4.96. The molecule has 0 amide bonds. The van der Waals surface area contributed by atoms with E-state index in [-0.39, 0.29) is 12.4 Å². The van der Waals surface area contributed by atoms with Gasteiger partial charge in [0.2, 0.25) is 0 Å². The maximum Gasteiger partial charge on any atom is 0.271 e. The highest BCUT2D eigenvalue weighted by molar-refractivity contribution is 7.86. The first-order valence-electron chi connectivity index (χ1n) is 2.64. The van der Waals surface area contributed by atoms with Crippen molar-refractivity contribution in [1.29, 1.82) is 0 Å². The summed E-state index contributed by atoms with van der Waals surface area (Å²) in [6.07, 6.45) is 0.666. The Morgan fingerprint density at radius 1 is 1.56 bits per heavy atom. The van der Waals surface area contributed by atoms with Gasteiger partial charge in [-0.05, 0) is 6.42 Å². The summed E-state index contributed by atoms with van der Waals surface area (Å²) in [7, 11) is -3.23. The van der Waals surface area contributed by atoms with E-state index in [0.717, 1.165) is 5.57 Å². The van der Waals surface area contributed by atoms with Gasteiger partial charge in [-0.2, -0.15) is 8.42 Å². The largest absolute Gasteiger partial charge is 0.271 e. The molecule has 0 spiro atoms. The average molecular weight is 148 g/mol. The topological polar surface area (TPSA) is 43.4 Å². The summed E-state index contributed by atoms with van der Waals surface area (Å²) in [5.41, 5.74) is 0.737. The first-order chi connectivity index (χ1) is 4.10. The molecular formula is C5H8O3S. The van der Waals surface area contributed by atoms with Crippen molar-refractivity contribution in [3.63, 3.8) is 0 Å². The predicted octanol–water partition coefficient (Wildman–Crippen LogP) is 0.293. The maximum absolute atomic E-state index is 10.6. The van der Waals surface area contributed by atoms with Gasteiger partial charge in [-0.3, -0.25) is 4.18 Å². The van der Waals surface area contributed by atoms with Crippen LogP contribution in [0.5, 0.6) is 0 Å². The lowest BCUT2D eigenvalue weighted by Crippen LogP contribution is -2.19. The second-order valence-electron chi connectivity index (χ2n) is 2.02. The molecule has 0 aromatic heterocycles. The molecule has 0 atom stereocenters. The van der Waals surface area contributed by atoms with Crippen molar-refractivity contribution in [2.45, 2.75) is 6.42 Å². The average Bonchev–Trinajstić information content (AvgIpc) is 1.60. The van der Waals surface area contributed by atoms with Crippen molar-refractivity contribution >= 4 is 10.1 Å². The van der Waals surface area contributed by atoms with Gasteiger partial charge in [0.1, 0.15) is 0 Å². The fraction of sp³-hybridized carbons (Fsp3) is 0.600. The molecule has 1 rings (SSSR count). The summed E-state index contributed by atoms with van der Waals surface area (Å²) in [5.74, 6) is -0.00694. The third-order valence-corrected chi connectivity index (χ3v) is 2.39. The van der Waals surface area contributed by atoms with Crippen molar-refractivity contribution in [3.8, 4) is 0 Å². The number of rotatable bonds is 0. The van der Waals surface area contributed by atoms with Crippen LogP contribution in [0.2, 0.25) is 0 Å². The quantitative estimate of drug-likeness (QED) is 0.366. The van der Waals surface area contributed by atoms with E-state index < -0.39 is 10.1 Å². The predicted molar refractivity (Wildman–Crippen MR) is 33.5 cm³/mol. The van der Waals surface area contributed by atoms with Crippen LogP contribution in [0.1, 0.15) is 6.42 Å². The van der Waals surface area contributed by atoms with E-state index in [9.17, 15) is 8.42 Å². The van der Waals surface area contributed by atoms with Crippen molar-refractivity contribution in [2.24, 2.45) is 0 Å². The Balaban J connectivity index is 2.73. The van der Waals surface area contributed by atoms with Gasteiger partial charge in [-0.1, -0.05) is 12.2 Å². The van der Waals surface area contributed by atoms with Gasteiger partial charge in [0.15, 0.2) is 0 Å². The van der Waals surface area contributed by atoms with E-state index >= 15 is 0 Å². The minimum atomic E-state index is -3.23. The number of hydrogen-bond donors (Lipinski definition) is 0. The molecule has 0 aliphatic carbocycles. The van der Waals surface area contributed by atoms with Crippen LogP contribution in [-0.2, 0) is 14.3 Å². The molecule has 0 aromatic carbocycles. The molecule has 0 bridgehead atoms. The summed E-state index contributed by atoms with van der Waals surface area (Å²) in [6, 6.07) is 0. The Morgan fingerprint density at radius 2 is 2.22 bits per heavy atom. The molecule has 3 nitrogen and oxygen atoms in total. The Bertz CT molecular complexity index is 214. The summed E-state index contributed by atoms with van der Waals surface area (Å²) < 4.78 is 25.6. The summed E-state index contributed by atoms with van der Waals surface area (Å²) in [6.45, 7) is 3.82. The highest BCUT2D eigenvalue weighted by atomic mass is 32.2. The van der Waals surface area contributed by atoms with Gasteiger partial charge in [0, 0.05) is 0 Å². The molecular weight excluding hydrogens is 140 g/mol. The SMILES string of the molecule is C=C1CCOS(=O)(=O)C1. The summed E-state index contributed by atoms with van der Waals surface area (Å²) >= 11 is 0. The van der Waals surface area contributed by atoms with Gasteiger partial charge in [-0.25, -0.2) is 0 Å². The van der Waals surface area contributed by atoms with Crippen LogP contribution in [0.25, 0.3) is 0 Å². The van der Waals surface area contributed by atoms with Crippen LogP contribution < -0.4 is 0 Å². The van der Waals surface area contributed by atoms with E-state index in [1.54, 1.807) is 0 Å². The van der Waals surface area contributed by atoms with E-state index in [4.69, 9.17) is 0 Å². The molecule has 0 N–H and O–H groups in total. The molecule has 52 valence electrons. The van der Waals surface area contributed by atoms with Crippen molar-refractivity contribution in [1.82, 2.24) is 0 Å². The lowest BCUT2D eigenvalue weighted by Gasteiger charge is -2.12. The Labute approximate surface area is 54.5 Å². The van der Waals surface area contributed by atoms with Crippen LogP contribution in [-0.4, -0.2) is 20.8 Å². The zero-order valence-corrected chi connectivity index (χ0v) is 5.78. The molecule has 9 heavy (non-hydrogen) atoms. The van der Waals surface area contributed by atoms with Crippen LogP contribution in [0.15, 0.2) is 12.2 Å². The lowest BCUT2D eigenvalue weighted by molar-refractivity contribution is 0.311. The van der Waals surface area contributed by atoms with E-state index in [2.05, 4.69) is 10.8 Å². The Kier molecular flexibility index (Phi) is 1.59. The number of hydrogen-bond acceptors (Lipinski definition) is 3. The minimum Gasteiger partial charge on any atom is -0.270 e. The minimum absolute atomic E-state index is 0.00694. The van der Waals surface area contributed by atoms with Gasteiger partial charge in [0.25, 0.3) is 10.1 Å². The second kappa shape index (κ2) is 2.11. The molecule has 1 heterocycles. The smallest absolute Gasteiger partial charge is 0.270 e. The highest BCUT2D eigenvalue weighted by Crippen LogP contribution is 2.11. The van der Waals surface area contributed by atoms with E-state index in [0.29, 0.717) is 6.42 Å². The molecule has 1 aliphatic heterocycles. The van der Waals surface area contributed by atoms with Gasteiger partial charge in [-0.15, -0.1) is 0 Å². The van der Waals surface area contributed by atoms with E-state index in [1.807, 2.05) is 0 Å². The van der Waals surface area contributed by atoms with Crippen molar-refractivity contribution in [3.05, 3.63) is 12.2 Å². The summed E-state index contributed by atoms with van der Waals surface area (Å²) in [4.78, 5) is 0. The monoisotopic (exact) mass is 148 g/mol. The van der Waals surface area contributed by atoms with Crippen LogP contribution >= 0.6 is 0 Å². The van der Waals surface area contributed by atoms with Gasteiger partial charge in [0.05, 0.1) is 12.4 Å². The van der Waals surface area contributed by atoms with Crippen molar-refractivity contribution < 1.29 is 12.6 Å². The highest BCUT2D eigenvalue weighted by Gasteiger charge is 2.18. The first-order valence-corrected chi connectivity index (χ1v) is 4.22. The fourth-order valence-corrected chi connectivity index (χ4v) is 1.74. The van der Waals surface area contributed by atoms with Crippen molar-refractivity contribution in [2.75, 3.05) is 12.4 Å². The van der Waals surface area contributed by atoms with Crippen LogP contribution in [0.4, 0.5) is 0 Å². The molecule has 1 aliphatic rings. The van der Waals surface area contributed by atoms with Gasteiger partial charge < -0.3 is 0 Å². The molecule has 1 saturated heterocycles. The lowest BCUT2D eigenvalue weighted by atomic mass is 10.3. The van der Waals surface area contributed by atoms with Crippen LogP contribution in [0, 0.1) is 0 Å². The molecule has 4 heteroatoms. The fourth-order valence-electron chi connectivity index (χ4n) is 0.677. The molecule has 1 fully saturated rings. The zero-order chi connectivity index (χ0) is 6.91. The Morgan fingerprint density at radius 3 is 2.56 bits per heavy atom. The van der Waals surface area contributed by atoms with E-state index in [1.165, 1.54) is 0 Å². The molecule has 0 saturated carbocycles. The normalized spacial score (nSPS) is 26.0.